The van der Waals surface area contributed by atoms with Gasteiger partial charge in [-0.15, -0.1) is 0 Å². The summed E-state index contributed by atoms with van der Waals surface area (Å²) in [4.78, 5) is 0. The van der Waals surface area contributed by atoms with E-state index in [2.05, 4.69) is 24.4 Å². The normalized spacial score (nSPS) is 20.1. The fraction of sp³-hybridized carbons (Fsp3) is 0.714. The fourth-order valence-corrected chi connectivity index (χ4v) is 1.07. The van der Waals surface area contributed by atoms with Crippen LogP contribution in [-0.2, 0) is 0 Å². The van der Waals surface area contributed by atoms with E-state index in [1.165, 1.54) is 12.8 Å². The molecule has 1 aliphatic rings. The number of hydrogen-bond donors (Lipinski definition) is 1. The summed E-state index contributed by atoms with van der Waals surface area (Å²) in [5.41, 5.74) is 0. The molecule has 0 amide bonds. The van der Waals surface area contributed by atoms with Crippen LogP contribution in [0.25, 0.3) is 0 Å². The van der Waals surface area contributed by atoms with Crippen molar-refractivity contribution >= 4 is 0 Å². The summed E-state index contributed by atoms with van der Waals surface area (Å²) in [6, 6.07) is 0.750. The Hall–Kier alpha value is -0.300. The smallest absolute Gasteiger partial charge is 0.0136 e. The summed E-state index contributed by atoms with van der Waals surface area (Å²) in [7, 11) is 0. The second-order valence-corrected chi connectivity index (χ2v) is 2.20. The highest BCUT2D eigenvalue weighted by Gasteiger charge is 2.05. The average molecular weight is 113 g/mol. The molecule has 8 heavy (non-hydrogen) atoms. The maximum atomic E-state index is 3.38. The Bertz CT molecular complexity index is 82.9. The summed E-state index contributed by atoms with van der Waals surface area (Å²) >= 11 is 0. The van der Waals surface area contributed by atoms with Crippen LogP contribution in [0.1, 0.15) is 21.2 Å². The molecule has 1 heteroatoms. The molecule has 0 unspecified atom stereocenters. The topological polar surface area (TPSA) is 12.0 Å². The first-order valence-electron chi connectivity index (χ1n) is 3.32. The van der Waals surface area contributed by atoms with Crippen molar-refractivity contribution in [3.05, 3.63) is 12.2 Å². The van der Waals surface area contributed by atoms with Crippen LogP contribution in [0.2, 0.25) is 0 Å². The highest BCUT2D eigenvalue weighted by Crippen LogP contribution is 2.07. The minimum atomic E-state index is 0. The van der Waals surface area contributed by atoms with Gasteiger partial charge in [0.05, 0.1) is 0 Å². The lowest BCUT2D eigenvalue weighted by Gasteiger charge is -2.07. The van der Waals surface area contributed by atoms with E-state index in [9.17, 15) is 0 Å². The highest BCUT2D eigenvalue weighted by atomic mass is 14.9. The van der Waals surface area contributed by atoms with Gasteiger partial charge in [0, 0.05) is 7.47 Å². The molecule has 0 aromatic heterocycles. The first kappa shape index (κ1) is 5.83. The largest absolute Gasteiger partial charge is 0.314 e. The third kappa shape index (κ3) is 1.34. The summed E-state index contributed by atoms with van der Waals surface area (Å²) in [5, 5.41) is 3.38. The third-order valence-electron chi connectivity index (χ3n) is 1.50. The van der Waals surface area contributed by atoms with Gasteiger partial charge >= 0.3 is 0 Å². The first-order chi connectivity index (χ1) is 3.93. The van der Waals surface area contributed by atoms with E-state index >= 15 is 0 Å². The van der Waals surface area contributed by atoms with Crippen LogP contribution in [0.4, 0.5) is 0 Å². The Morgan fingerprint density at radius 1 is 1.62 bits per heavy atom. The second kappa shape index (κ2) is 2.88. The molecule has 0 spiro atoms. The zero-order valence-corrected chi connectivity index (χ0v) is 5.35. The molecule has 0 saturated carbocycles. The molecule has 0 aromatic rings. The van der Waals surface area contributed by atoms with Crippen molar-refractivity contribution in [2.24, 2.45) is 0 Å². The maximum Gasteiger partial charge on any atom is 0.0136 e. The Morgan fingerprint density at radius 3 is 2.75 bits per heavy atom. The predicted molar refractivity (Wildman–Crippen MR) is 38.0 cm³/mol. The van der Waals surface area contributed by atoms with Gasteiger partial charge < -0.3 is 5.32 Å². The van der Waals surface area contributed by atoms with Crippen LogP contribution in [0, 0.1) is 0 Å². The van der Waals surface area contributed by atoms with E-state index in [1.807, 2.05) is 0 Å². The number of nitrogens with one attached hydrogen (secondary N) is 1. The molecule has 0 heterocycles. The van der Waals surface area contributed by atoms with Gasteiger partial charge in [-0.2, -0.15) is 0 Å². The van der Waals surface area contributed by atoms with E-state index in [0.717, 1.165) is 12.6 Å². The Kier molecular flexibility index (Phi) is 2.10. The van der Waals surface area contributed by atoms with Gasteiger partial charge in [-0.3, -0.25) is 0 Å². The molecule has 0 radical (unpaired) electrons. The van der Waals surface area contributed by atoms with Gasteiger partial charge in [0.1, 0.15) is 0 Å². The summed E-state index contributed by atoms with van der Waals surface area (Å²) in [6.45, 7) is 3.25. The quantitative estimate of drug-likeness (QED) is 0.536. The monoisotopic (exact) mass is 113 g/mol. The maximum absolute atomic E-state index is 3.38. The van der Waals surface area contributed by atoms with Crippen LogP contribution in [-0.4, -0.2) is 12.6 Å². The van der Waals surface area contributed by atoms with Crippen molar-refractivity contribution < 1.29 is 1.43 Å². The molecule has 0 atom stereocenters. The van der Waals surface area contributed by atoms with Crippen molar-refractivity contribution in [3.63, 3.8) is 0 Å². The van der Waals surface area contributed by atoms with Gasteiger partial charge in [-0.25, -0.2) is 0 Å². The van der Waals surface area contributed by atoms with Crippen LogP contribution >= 0.6 is 0 Å². The first-order valence-corrected chi connectivity index (χ1v) is 3.32. The Labute approximate surface area is 52.3 Å². The highest BCUT2D eigenvalue weighted by molar-refractivity contribution is 4.97. The molecule has 1 nitrogen and oxygen atoms in total. The molecule has 1 aliphatic carbocycles. The van der Waals surface area contributed by atoms with Crippen LogP contribution in [0.15, 0.2) is 12.2 Å². The van der Waals surface area contributed by atoms with Crippen molar-refractivity contribution in [3.8, 4) is 0 Å². The lowest BCUT2D eigenvalue weighted by molar-refractivity contribution is 0.558. The standard InChI is InChI=1S/C7H13N.H2/c1-2-8-7-5-3-4-6-7;/h3-4,7-8H,2,5-6H2,1H3;1H. The zero-order chi connectivity index (χ0) is 5.82. The van der Waals surface area contributed by atoms with Gasteiger partial charge in [0.2, 0.25) is 0 Å². The Morgan fingerprint density at radius 2 is 2.25 bits per heavy atom. The average Bonchev–Trinajstić information content (AvgIpc) is 2.19. The van der Waals surface area contributed by atoms with Crippen LogP contribution in [0.3, 0.4) is 0 Å². The van der Waals surface area contributed by atoms with Crippen molar-refractivity contribution in [1.29, 1.82) is 0 Å². The fourth-order valence-electron chi connectivity index (χ4n) is 1.07. The molecule has 0 saturated heterocycles. The molecule has 0 bridgehead atoms. The van der Waals surface area contributed by atoms with Crippen molar-refractivity contribution in [2.45, 2.75) is 25.8 Å². The lowest BCUT2D eigenvalue weighted by atomic mass is 10.2. The second-order valence-electron chi connectivity index (χ2n) is 2.20. The summed E-state index contributed by atoms with van der Waals surface area (Å²) < 4.78 is 0. The molecule has 0 aliphatic heterocycles. The van der Waals surface area contributed by atoms with Gasteiger partial charge in [-0.1, -0.05) is 19.1 Å². The zero-order valence-electron chi connectivity index (χ0n) is 5.35. The molecule has 1 N–H and O–H groups in total. The minimum absolute atomic E-state index is 0. The van der Waals surface area contributed by atoms with E-state index < -0.39 is 0 Å². The lowest BCUT2D eigenvalue weighted by Crippen LogP contribution is -2.25. The SMILES string of the molecule is CCNC1CC=CC1.[HH]. The minimum Gasteiger partial charge on any atom is -0.314 e. The van der Waals surface area contributed by atoms with Gasteiger partial charge in [-0.05, 0) is 19.4 Å². The van der Waals surface area contributed by atoms with E-state index in [4.69, 9.17) is 0 Å². The molecule has 1 rings (SSSR count). The molecule has 0 aromatic carbocycles. The number of hydrogen-bond acceptors (Lipinski definition) is 1. The van der Waals surface area contributed by atoms with Gasteiger partial charge in [0.25, 0.3) is 0 Å². The van der Waals surface area contributed by atoms with Gasteiger partial charge in [0.15, 0.2) is 0 Å². The van der Waals surface area contributed by atoms with E-state index in [-0.39, 0.29) is 1.43 Å². The van der Waals surface area contributed by atoms with Crippen LogP contribution in [0.5, 0.6) is 0 Å². The van der Waals surface area contributed by atoms with Crippen molar-refractivity contribution in [2.75, 3.05) is 6.54 Å². The summed E-state index contributed by atoms with van der Waals surface area (Å²) in [5.74, 6) is 0. The molecular weight excluding hydrogens is 98.1 g/mol. The van der Waals surface area contributed by atoms with Crippen LogP contribution < -0.4 is 5.32 Å². The van der Waals surface area contributed by atoms with E-state index in [0.29, 0.717) is 0 Å². The molecule has 48 valence electrons. The molecular formula is C7H15N. The van der Waals surface area contributed by atoms with Crippen molar-refractivity contribution in [1.82, 2.24) is 5.32 Å². The number of rotatable bonds is 2. The molecule has 0 fully saturated rings. The van der Waals surface area contributed by atoms with E-state index in [1.54, 1.807) is 0 Å². The summed E-state index contributed by atoms with van der Waals surface area (Å²) in [6.07, 6.45) is 6.95. The predicted octanol–water partition coefficient (Wildman–Crippen LogP) is 1.56. The Balaban J connectivity index is 0.000000640. The third-order valence-corrected chi connectivity index (χ3v) is 1.50.